The summed E-state index contributed by atoms with van der Waals surface area (Å²) in [6, 6.07) is 7.27. The van der Waals surface area contributed by atoms with Crippen molar-refractivity contribution in [2.24, 2.45) is 34.2 Å². The molecule has 17 nitrogen and oxygen atoms in total. The van der Waals surface area contributed by atoms with E-state index in [4.69, 9.17) is 37.3 Å². The minimum atomic E-state index is -1.17. The van der Waals surface area contributed by atoms with E-state index >= 15 is 0 Å². The van der Waals surface area contributed by atoms with Gasteiger partial charge >= 0.3 is 0 Å². The van der Waals surface area contributed by atoms with Gasteiger partial charge in [0.15, 0.2) is 23.3 Å². The number of alkyl halides is 1. The number of nitrogens with one attached hydrogen (secondary N) is 3. The number of rotatable bonds is 40. The van der Waals surface area contributed by atoms with Crippen LogP contribution in [-0.2, 0) is 54.2 Å². The third-order valence-electron chi connectivity index (χ3n) is 10.3. The number of carbonyl (C=O) groups is 7. The highest BCUT2D eigenvalue weighted by atomic mass is 35.5. The molecule has 0 spiro atoms. The number of hydrogen-bond donors (Lipinski definition) is 6. The monoisotopic (exact) mass is 923 g/mol. The van der Waals surface area contributed by atoms with Crippen LogP contribution in [-0.4, -0.2) is 129 Å². The summed E-state index contributed by atoms with van der Waals surface area (Å²) in [5.41, 5.74) is 11.7. The lowest BCUT2D eigenvalue weighted by atomic mass is 9.90. The number of carbonyl (C=O) groups excluding carboxylic acids is 7. The van der Waals surface area contributed by atoms with Gasteiger partial charge in [-0.25, -0.2) is 0 Å². The number of ether oxygens (including phenoxy) is 3. The molecule has 1 aromatic carbocycles. The minimum absolute atomic E-state index is 0.0507. The van der Waals surface area contributed by atoms with Crippen molar-refractivity contribution in [3.63, 3.8) is 0 Å². The fourth-order valence-corrected chi connectivity index (χ4v) is 6.79. The van der Waals surface area contributed by atoms with Gasteiger partial charge in [-0.3, -0.25) is 38.6 Å². The maximum absolute atomic E-state index is 13.7. The van der Waals surface area contributed by atoms with E-state index in [-0.39, 0.29) is 93.9 Å². The number of amides is 3. The largest absolute Gasteiger partial charge is 0.396 e. The molecule has 0 bridgehead atoms. The van der Waals surface area contributed by atoms with Crippen molar-refractivity contribution in [1.29, 1.82) is 0 Å². The van der Waals surface area contributed by atoms with E-state index in [1.54, 1.807) is 20.8 Å². The smallest absolute Gasteiger partial charge is 0.226 e. The van der Waals surface area contributed by atoms with Crippen molar-refractivity contribution < 1.29 is 52.9 Å². The second-order valence-electron chi connectivity index (χ2n) is 16.1. The van der Waals surface area contributed by atoms with Crippen LogP contribution >= 0.6 is 11.6 Å². The number of Topliss-reactive ketones (excluding diaryl/α,β-unsaturated/α-hetero) is 4. The average molecular weight is 924 g/mol. The van der Waals surface area contributed by atoms with Gasteiger partial charge in [-0.15, -0.1) is 11.6 Å². The van der Waals surface area contributed by atoms with E-state index < -0.39 is 60.5 Å². The highest BCUT2D eigenvalue weighted by molar-refractivity contribution is 6.17. The predicted molar refractivity (Wildman–Crippen MR) is 245 cm³/mol. The van der Waals surface area contributed by atoms with Gasteiger partial charge in [-0.1, -0.05) is 63.9 Å². The molecule has 0 aliphatic heterocycles. The Bertz CT molecular complexity index is 1560. The second kappa shape index (κ2) is 36.0. The maximum atomic E-state index is 13.7. The molecule has 64 heavy (non-hydrogen) atoms. The number of benzene rings is 1. The summed E-state index contributed by atoms with van der Waals surface area (Å²) < 4.78 is 16.5. The summed E-state index contributed by atoms with van der Waals surface area (Å²) in [6.07, 6.45) is 5.22. The van der Waals surface area contributed by atoms with Gasteiger partial charge in [0.2, 0.25) is 17.7 Å². The number of aliphatic hydroxyl groups is 1. The first-order chi connectivity index (χ1) is 30.7. The van der Waals surface area contributed by atoms with Gasteiger partial charge in [0.1, 0.15) is 12.4 Å². The Kier molecular flexibility index (Phi) is 32.5. The molecule has 3 amide bonds. The number of nitrogens with zero attached hydrogens (tertiary/aromatic N) is 1. The molecule has 0 aromatic heterocycles. The number of halogens is 1. The van der Waals surface area contributed by atoms with Crippen LogP contribution in [0.5, 0.6) is 0 Å². The molecule has 362 valence electrons. The van der Waals surface area contributed by atoms with Crippen LogP contribution < -0.4 is 27.4 Å². The van der Waals surface area contributed by atoms with Gasteiger partial charge in [0, 0.05) is 76.6 Å². The first-order valence-corrected chi connectivity index (χ1v) is 23.2. The van der Waals surface area contributed by atoms with Crippen LogP contribution in [0.1, 0.15) is 110 Å². The summed E-state index contributed by atoms with van der Waals surface area (Å²) in [5.74, 6) is -4.52. The molecule has 0 saturated carbocycles. The number of ketones is 4. The zero-order chi connectivity index (χ0) is 47.5. The molecule has 8 N–H and O–H groups in total. The number of aliphatic hydroxyl groups excluding tert-OH is 1. The molecular formula is C46H75ClN6O11. The Hall–Kier alpha value is -4.29. The van der Waals surface area contributed by atoms with Crippen LogP contribution in [0.3, 0.4) is 0 Å². The quantitative estimate of drug-likeness (QED) is 0.0240. The molecule has 0 aliphatic carbocycles. The van der Waals surface area contributed by atoms with Crippen molar-refractivity contribution in [3.8, 4) is 0 Å². The Balaban J connectivity index is 2.60. The lowest BCUT2D eigenvalue weighted by Crippen LogP contribution is -2.49. The minimum Gasteiger partial charge on any atom is -0.396 e. The van der Waals surface area contributed by atoms with Crippen LogP contribution in [0.25, 0.3) is 0 Å². The zero-order valence-electron chi connectivity index (χ0n) is 38.3. The molecule has 18 heteroatoms. The molecule has 4 atom stereocenters. The molecule has 1 aromatic rings. The van der Waals surface area contributed by atoms with Gasteiger partial charge in [-0.2, -0.15) is 0 Å². The van der Waals surface area contributed by atoms with E-state index in [0.29, 0.717) is 51.7 Å². The first-order valence-electron chi connectivity index (χ1n) is 22.7. The standard InChI is InChI=1S/C46H75ClN6O11/c1-4-40(57)39(28-34-14-8-7-9-15-34)52-45(61)36(31-54)30-41(58)43(33(2)3)53-44(60)35(16-12-21-51-46(48)49)29-38(56)32-64-24-13-17-37(55)18-19-42(59)50-22-25-63-27-26-62-23-11-6-5-10-20-47/h7-9,14-15,33,35-36,39,43,54H,4-6,10-13,16-32H2,1-3H3,(H,50,59)(H,52,61)(H,53,60)(H4,48,49,51)/t35-,36+,39+,43+/m1/s1. The van der Waals surface area contributed by atoms with E-state index in [9.17, 15) is 38.7 Å². The lowest BCUT2D eigenvalue weighted by molar-refractivity contribution is -0.136. The predicted octanol–water partition coefficient (Wildman–Crippen LogP) is 3.13. The summed E-state index contributed by atoms with van der Waals surface area (Å²) in [7, 11) is 0. The Morgan fingerprint density at radius 1 is 0.734 bits per heavy atom. The number of guanidine groups is 1. The van der Waals surface area contributed by atoms with Crippen molar-refractivity contribution in [3.05, 3.63) is 35.9 Å². The van der Waals surface area contributed by atoms with Crippen LogP contribution in [0, 0.1) is 17.8 Å². The summed E-state index contributed by atoms with van der Waals surface area (Å²) in [4.78, 5) is 94.8. The van der Waals surface area contributed by atoms with E-state index in [1.165, 1.54) is 0 Å². The average Bonchev–Trinajstić information content (AvgIpc) is 3.27. The SMILES string of the molecule is CCC(=O)[C@H](Cc1ccccc1)NC(=O)[C@H](CO)CC(=O)[C@@H](NC(=O)[C@H](CCCN=C(N)N)CC(=O)COCCCC(=O)CCC(=O)NCCOCCOCCCCCCCl)C(C)C. The van der Waals surface area contributed by atoms with Gasteiger partial charge in [0.05, 0.1) is 44.4 Å². The van der Waals surface area contributed by atoms with Crippen molar-refractivity contribution in [2.75, 3.05) is 65.2 Å². The maximum Gasteiger partial charge on any atom is 0.226 e. The Morgan fingerprint density at radius 3 is 2.06 bits per heavy atom. The van der Waals surface area contributed by atoms with Crippen LogP contribution in [0.2, 0.25) is 0 Å². The molecular weight excluding hydrogens is 848 g/mol. The van der Waals surface area contributed by atoms with E-state index in [1.807, 2.05) is 30.3 Å². The number of aliphatic imine (C=N–C) groups is 1. The molecule has 0 fully saturated rings. The number of unbranched alkanes of at least 4 members (excludes halogenated alkanes) is 3. The molecule has 1 rings (SSSR count). The number of hydrogen-bond acceptors (Lipinski definition) is 12. The van der Waals surface area contributed by atoms with Crippen molar-refractivity contribution >= 4 is 58.4 Å². The normalized spacial score (nSPS) is 13.0. The van der Waals surface area contributed by atoms with Gasteiger partial charge in [0.25, 0.3) is 0 Å². The van der Waals surface area contributed by atoms with Crippen LogP contribution in [0.15, 0.2) is 35.3 Å². The third kappa shape index (κ3) is 27.8. The van der Waals surface area contributed by atoms with Crippen LogP contribution in [0.4, 0.5) is 0 Å². The third-order valence-corrected chi connectivity index (χ3v) is 10.6. The Morgan fingerprint density at radius 2 is 1.41 bits per heavy atom. The van der Waals surface area contributed by atoms with Crippen molar-refractivity contribution in [1.82, 2.24) is 16.0 Å². The first kappa shape index (κ1) is 57.7. The highest BCUT2D eigenvalue weighted by Crippen LogP contribution is 2.18. The van der Waals surface area contributed by atoms with Crippen molar-refractivity contribution in [2.45, 2.75) is 123 Å². The lowest BCUT2D eigenvalue weighted by Gasteiger charge is -2.26. The van der Waals surface area contributed by atoms with Gasteiger partial charge in [-0.05, 0) is 50.0 Å². The van der Waals surface area contributed by atoms with Gasteiger partial charge < -0.3 is 46.7 Å². The van der Waals surface area contributed by atoms with E-state index in [2.05, 4.69) is 20.9 Å². The fourth-order valence-electron chi connectivity index (χ4n) is 6.60. The Labute approximate surface area is 384 Å². The van der Waals surface area contributed by atoms with E-state index in [0.717, 1.165) is 31.2 Å². The topological polar surface area (TPSA) is 268 Å². The second-order valence-corrected chi connectivity index (χ2v) is 16.5. The molecule has 0 aliphatic rings. The molecule has 0 heterocycles. The number of nitrogens with two attached hydrogens (primary N) is 2. The fraction of sp³-hybridized carbons (Fsp3) is 0.696. The summed E-state index contributed by atoms with van der Waals surface area (Å²) in [5, 5.41) is 18.4. The molecule has 0 saturated heterocycles. The molecule has 0 radical (unpaired) electrons. The zero-order valence-corrected chi connectivity index (χ0v) is 39.0. The summed E-state index contributed by atoms with van der Waals surface area (Å²) >= 11 is 5.66. The highest BCUT2D eigenvalue weighted by Gasteiger charge is 2.33. The molecule has 0 unspecified atom stereocenters. The summed E-state index contributed by atoms with van der Waals surface area (Å²) in [6.45, 7) is 6.76.